The summed E-state index contributed by atoms with van der Waals surface area (Å²) in [4.78, 5) is 12.4. The van der Waals surface area contributed by atoms with Gasteiger partial charge in [-0.05, 0) is 64.3 Å². The Morgan fingerprint density at radius 3 is 2.54 bits per heavy atom. The SMILES string of the molecule is CCCOc1c(Br)cc(C=CC(=O)c2ccc(O)c(OC)c2)cc1OC. The largest absolute Gasteiger partial charge is 0.504 e. The Morgan fingerprint density at radius 2 is 1.88 bits per heavy atom. The average Bonchev–Trinajstić information content (AvgIpc) is 2.65. The second kappa shape index (κ2) is 9.29. The molecule has 2 aromatic carbocycles. The lowest BCUT2D eigenvalue weighted by Crippen LogP contribution is -1.99. The van der Waals surface area contributed by atoms with Gasteiger partial charge < -0.3 is 19.3 Å². The molecule has 2 rings (SSSR count). The maximum Gasteiger partial charge on any atom is 0.185 e. The minimum atomic E-state index is -0.204. The van der Waals surface area contributed by atoms with Crippen LogP contribution in [0.15, 0.2) is 40.9 Å². The summed E-state index contributed by atoms with van der Waals surface area (Å²) in [6.07, 6.45) is 4.04. The van der Waals surface area contributed by atoms with Crippen LogP contribution in [-0.4, -0.2) is 31.7 Å². The average molecular weight is 421 g/mol. The lowest BCUT2D eigenvalue weighted by atomic mass is 10.1. The fourth-order valence-corrected chi connectivity index (χ4v) is 2.85. The lowest BCUT2D eigenvalue weighted by molar-refractivity contribution is 0.104. The smallest absolute Gasteiger partial charge is 0.185 e. The van der Waals surface area contributed by atoms with Gasteiger partial charge in [-0.1, -0.05) is 13.0 Å². The van der Waals surface area contributed by atoms with Crippen LogP contribution in [0.1, 0.15) is 29.3 Å². The third-order valence-corrected chi connectivity index (χ3v) is 4.18. The van der Waals surface area contributed by atoms with Gasteiger partial charge in [0.25, 0.3) is 0 Å². The molecule has 0 spiro atoms. The number of benzene rings is 2. The number of rotatable bonds is 8. The van der Waals surface area contributed by atoms with Crippen molar-refractivity contribution >= 4 is 27.8 Å². The second-order valence-corrected chi connectivity index (χ2v) is 6.32. The zero-order valence-electron chi connectivity index (χ0n) is 14.9. The van der Waals surface area contributed by atoms with Crippen molar-refractivity contribution in [2.24, 2.45) is 0 Å². The number of hydrogen-bond acceptors (Lipinski definition) is 5. The number of hydrogen-bond donors (Lipinski definition) is 1. The number of aromatic hydroxyl groups is 1. The van der Waals surface area contributed by atoms with E-state index in [0.29, 0.717) is 23.7 Å². The van der Waals surface area contributed by atoms with E-state index in [9.17, 15) is 9.90 Å². The molecule has 5 nitrogen and oxygen atoms in total. The van der Waals surface area contributed by atoms with Crippen molar-refractivity contribution in [3.63, 3.8) is 0 Å². The fraction of sp³-hybridized carbons (Fsp3) is 0.250. The van der Waals surface area contributed by atoms with E-state index in [-0.39, 0.29) is 17.3 Å². The van der Waals surface area contributed by atoms with Crippen molar-refractivity contribution < 1.29 is 24.1 Å². The van der Waals surface area contributed by atoms with Gasteiger partial charge in [0.15, 0.2) is 28.8 Å². The van der Waals surface area contributed by atoms with Crippen molar-refractivity contribution in [2.75, 3.05) is 20.8 Å². The number of halogens is 1. The van der Waals surface area contributed by atoms with Crippen molar-refractivity contribution in [1.82, 2.24) is 0 Å². The normalized spacial score (nSPS) is 10.8. The molecule has 0 radical (unpaired) electrons. The molecule has 0 saturated heterocycles. The van der Waals surface area contributed by atoms with Crippen molar-refractivity contribution in [3.8, 4) is 23.0 Å². The molecule has 0 heterocycles. The quantitative estimate of drug-likeness (QED) is 0.487. The van der Waals surface area contributed by atoms with Gasteiger partial charge in [-0.25, -0.2) is 0 Å². The first kappa shape index (κ1) is 19.8. The maximum absolute atomic E-state index is 12.4. The highest BCUT2D eigenvalue weighted by molar-refractivity contribution is 9.10. The van der Waals surface area contributed by atoms with E-state index in [1.165, 1.54) is 25.3 Å². The molecule has 0 fully saturated rings. The molecule has 26 heavy (non-hydrogen) atoms. The van der Waals surface area contributed by atoms with Crippen molar-refractivity contribution in [3.05, 3.63) is 52.0 Å². The molecule has 0 bridgehead atoms. The zero-order chi connectivity index (χ0) is 19.1. The highest BCUT2D eigenvalue weighted by atomic mass is 79.9. The van der Waals surface area contributed by atoms with E-state index in [0.717, 1.165) is 16.5 Å². The number of ketones is 1. The van der Waals surface area contributed by atoms with Gasteiger partial charge in [0.05, 0.1) is 25.3 Å². The summed E-state index contributed by atoms with van der Waals surface area (Å²) >= 11 is 3.48. The molecular weight excluding hydrogens is 400 g/mol. The van der Waals surface area contributed by atoms with Crippen LogP contribution in [0, 0.1) is 0 Å². The van der Waals surface area contributed by atoms with Crippen LogP contribution in [0.3, 0.4) is 0 Å². The minimum absolute atomic E-state index is 0.00985. The number of allylic oxidation sites excluding steroid dienone is 1. The fourth-order valence-electron chi connectivity index (χ4n) is 2.28. The first-order valence-electron chi connectivity index (χ1n) is 8.09. The summed E-state index contributed by atoms with van der Waals surface area (Å²) in [7, 11) is 3.01. The first-order chi connectivity index (χ1) is 12.5. The van der Waals surface area contributed by atoms with E-state index < -0.39 is 0 Å². The number of phenolic OH excluding ortho intramolecular Hbond substituents is 1. The van der Waals surface area contributed by atoms with E-state index in [1.54, 1.807) is 25.3 Å². The van der Waals surface area contributed by atoms with E-state index in [4.69, 9.17) is 14.2 Å². The van der Waals surface area contributed by atoms with Gasteiger partial charge in [0.2, 0.25) is 0 Å². The minimum Gasteiger partial charge on any atom is -0.504 e. The molecule has 138 valence electrons. The number of carbonyl (C=O) groups is 1. The van der Waals surface area contributed by atoms with E-state index in [2.05, 4.69) is 15.9 Å². The molecule has 6 heteroatoms. The van der Waals surface area contributed by atoms with Crippen LogP contribution in [0.4, 0.5) is 0 Å². The van der Waals surface area contributed by atoms with Gasteiger partial charge in [-0.3, -0.25) is 4.79 Å². The predicted octanol–water partition coefficient (Wildman–Crippen LogP) is 4.86. The summed E-state index contributed by atoms with van der Waals surface area (Å²) in [6, 6.07) is 8.13. The van der Waals surface area contributed by atoms with Crippen molar-refractivity contribution in [1.29, 1.82) is 0 Å². The molecular formula is C20H21BrO5. The number of phenols is 1. The molecule has 0 unspecified atom stereocenters. The Kier molecular flexibility index (Phi) is 7.09. The maximum atomic E-state index is 12.4. The summed E-state index contributed by atoms with van der Waals surface area (Å²) < 4.78 is 16.9. The second-order valence-electron chi connectivity index (χ2n) is 5.47. The molecule has 0 aliphatic heterocycles. The predicted molar refractivity (Wildman–Crippen MR) is 105 cm³/mol. The highest BCUT2D eigenvalue weighted by Crippen LogP contribution is 2.37. The van der Waals surface area contributed by atoms with Crippen LogP contribution >= 0.6 is 15.9 Å². The number of carbonyl (C=O) groups excluding carboxylic acids is 1. The van der Waals surface area contributed by atoms with Crippen LogP contribution in [0.25, 0.3) is 6.08 Å². The highest BCUT2D eigenvalue weighted by Gasteiger charge is 2.11. The van der Waals surface area contributed by atoms with Crippen LogP contribution in [0.2, 0.25) is 0 Å². The summed E-state index contributed by atoms with van der Waals surface area (Å²) in [5.74, 6) is 1.27. The molecule has 0 aromatic heterocycles. The summed E-state index contributed by atoms with van der Waals surface area (Å²) in [5.41, 5.74) is 1.21. The first-order valence-corrected chi connectivity index (χ1v) is 8.89. The van der Waals surface area contributed by atoms with Gasteiger partial charge in [-0.2, -0.15) is 0 Å². The number of ether oxygens (including phenoxy) is 3. The third-order valence-electron chi connectivity index (χ3n) is 3.59. The molecule has 0 atom stereocenters. The van der Waals surface area contributed by atoms with Gasteiger partial charge in [-0.15, -0.1) is 0 Å². The molecule has 2 aromatic rings. The van der Waals surface area contributed by atoms with Gasteiger partial charge in [0, 0.05) is 5.56 Å². The Bertz CT molecular complexity index is 814. The Morgan fingerprint density at radius 1 is 1.15 bits per heavy atom. The Hall–Kier alpha value is -2.47. The van der Waals surface area contributed by atoms with Crippen LogP contribution < -0.4 is 14.2 Å². The molecule has 0 saturated carbocycles. The van der Waals surface area contributed by atoms with Crippen LogP contribution in [-0.2, 0) is 0 Å². The van der Waals surface area contributed by atoms with Crippen molar-refractivity contribution in [2.45, 2.75) is 13.3 Å². The zero-order valence-corrected chi connectivity index (χ0v) is 16.5. The summed E-state index contributed by atoms with van der Waals surface area (Å²) in [5, 5.41) is 9.62. The Labute approximate surface area is 161 Å². The lowest BCUT2D eigenvalue weighted by Gasteiger charge is -2.13. The van der Waals surface area contributed by atoms with Gasteiger partial charge >= 0.3 is 0 Å². The molecule has 0 aliphatic carbocycles. The monoisotopic (exact) mass is 420 g/mol. The topological polar surface area (TPSA) is 65.0 Å². The molecule has 0 aliphatic rings. The molecule has 1 N–H and O–H groups in total. The molecule has 0 amide bonds. The number of methoxy groups -OCH3 is 2. The standard InChI is InChI=1S/C20H21BrO5/c1-4-9-26-20-15(21)10-13(11-19(20)25-3)5-7-16(22)14-6-8-17(23)18(12-14)24-2/h5-8,10-12,23H,4,9H2,1-3H3. The summed E-state index contributed by atoms with van der Waals surface area (Å²) in [6.45, 7) is 2.62. The van der Waals surface area contributed by atoms with E-state index >= 15 is 0 Å². The third kappa shape index (κ3) is 4.79. The van der Waals surface area contributed by atoms with E-state index in [1.807, 2.05) is 13.0 Å². The van der Waals surface area contributed by atoms with Gasteiger partial charge in [0.1, 0.15) is 0 Å². The van der Waals surface area contributed by atoms with Crippen LogP contribution in [0.5, 0.6) is 23.0 Å². The Balaban J connectivity index is 2.24.